The Labute approximate surface area is 136 Å². The number of allylic oxidation sites excluding steroid dienone is 2. The van der Waals surface area contributed by atoms with Gasteiger partial charge in [-0.1, -0.05) is 35.9 Å². The molecule has 0 amide bonds. The second kappa shape index (κ2) is 5.94. The largest absolute Gasteiger partial charge is 0.383 e. The van der Waals surface area contributed by atoms with Gasteiger partial charge in [0.05, 0.1) is 6.04 Å². The topological polar surface area (TPSA) is 24.1 Å². The number of piperidine rings is 1. The summed E-state index contributed by atoms with van der Waals surface area (Å²) in [6, 6.07) is 6.74. The van der Waals surface area contributed by atoms with Crippen molar-refractivity contribution in [1.29, 1.82) is 0 Å². The van der Waals surface area contributed by atoms with Gasteiger partial charge in [0.25, 0.3) is 0 Å². The van der Waals surface area contributed by atoms with E-state index in [1.165, 1.54) is 29.5 Å². The van der Waals surface area contributed by atoms with Crippen LogP contribution in [0.4, 0.5) is 0 Å². The lowest BCUT2D eigenvalue weighted by Gasteiger charge is -2.38. The van der Waals surface area contributed by atoms with Gasteiger partial charge in [0, 0.05) is 10.9 Å². The normalized spacial score (nSPS) is 27.4. The van der Waals surface area contributed by atoms with Crippen LogP contribution in [0.1, 0.15) is 29.9 Å². The molecule has 0 radical (unpaired) electrons. The summed E-state index contributed by atoms with van der Waals surface area (Å²) in [6.45, 7) is 2.25. The van der Waals surface area contributed by atoms with Crippen molar-refractivity contribution in [2.45, 2.75) is 24.8 Å². The van der Waals surface area contributed by atoms with Crippen LogP contribution in [-0.4, -0.2) is 19.1 Å². The van der Waals surface area contributed by atoms with Gasteiger partial charge in [-0.25, -0.2) is 0 Å². The van der Waals surface area contributed by atoms with E-state index in [-0.39, 0.29) is 0 Å². The zero-order valence-electron chi connectivity index (χ0n) is 12.6. The number of benzene rings is 1. The molecule has 2 unspecified atom stereocenters. The van der Waals surface area contributed by atoms with Crippen molar-refractivity contribution in [1.82, 2.24) is 10.6 Å². The Balaban J connectivity index is 1.81. The van der Waals surface area contributed by atoms with E-state index in [9.17, 15) is 0 Å². The summed E-state index contributed by atoms with van der Waals surface area (Å²) in [6.07, 6.45) is 13.4. The van der Waals surface area contributed by atoms with Crippen molar-refractivity contribution >= 4 is 17.7 Å². The third kappa shape index (κ3) is 2.51. The van der Waals surface area contributed by atoms with Gasteiger partial charge in [0.2, 0.25) is 0 Å². The highest BCUT2D eigenvalue weighted by Crippen LogP contribution is 2.41. The number of nitrogens with one attached hydrogen (secondary N) is 2. The van der Waals surface area contributed by atoms with Crippen LogP contribution in [-0.2, 0) is 0 Å². The quantitative estimate of drug-likeness (QED) is 0.823. The number of hydrogen-bond acceptors (Lipinski definition) is 2. The van der Waals surface area contributed by atoms with Gasteiger partial charge in [-0.05, 0) is 73.0 Å². The minimum absolute atomic E-state index is 0.367. The Morgan fingerprint density at radius 2 is 1.95 bits per heavy atom. The van der Waals surface area contributed by atoms with Crippen LogP contribution in [0, 0.1) is 5.92 Å². The number of hydrogen-bond donors (Lipinski definition) is 2. The SMILES string of the molecule is Clc1ccc2c(c1)C=CC1=CC=CNC1C2C1CCNCC1. The van der Waals surface area contributed by atoms with Gasteiger partial charge in [0.15, 0.2) is 0 Å². The zero-order valence-corrected chi connectivity index (χ0v) is 13.3. The van der Waals surface area contributed by atoms with Crippen LogP contribution in [0.2, 0.25) is 5.02 Å². The Bertz CT molecular complexity index is 653. The molecule has 0 aromatic heterocycles. The lowest BCUT2D eigenvalue weighted by Crippen LogP contribution is -2.41. The summed E-state index contributed by atoms with van der Waals surface area (Å²) in [5, 5.41) is 7.92. The third-order valence-electron chi connectivity index (χ3n) is 5.13. The maximum absolute atomic E-state index is 6.23. The van der Waals surface area contributed by atoms with Crippen molar-refractivity contribution in [2.24, 2.45) is 5.92 Å². The van der Waals surface area contributed by atoms with E-state index in [4.69, 9.17) is 11.6 Å². The summed E-state index contributed by atoms with van der Waals surface area (Å²) in [5.41, 5.74) is 4.08. The molecular weight excluding hydrogens is 292 g/mol. The highest BCUT2D eigenvalue weighted by Gasteiger charge is 2.35. The summed E-state index contributed by atoms with van der Waals surface area (Å²) in [7, 11) is 0. The van der Waals surface area contributed by atoms with Crippen molar-refractivity contribution in [3.05, 3.63) is 64.3 Å². The van der Waals surface area contributed by atoms with Gasteiger partial charge in [-0.2, -0.15) is 0 Å². The summed E-state index contributed by atoms with van der Waals surface area (Å²) >= 11 is 6.23. The molecule has 2 N–H and O–H groups in total. The van der Waals surface area contributed by atoms with E-state index < -0.39 is 0 Å². The third-order valence-corrected chi connectivity index (χ3v) is 5.37. The van der Waals surface area contributed by atoms with E-state index >= 15 is 0 Å². The lowest BCUT2D eigenvalue weighted by atomic mass is 9.73. The number of rotatable bonds is 1. The van der Waals surface area contributed by atoms with Crippen LogP contribution in [0.15, 0.2) is 48.2 Å². The van der Waals surface area contributed by atoms with Gasteiger partial charge >= 0.3 is 0 Å². The minimum atomic E-state index is 0.367. The van der Waals surface area contributed by atoms with Crippen molar-refractivity contribution < 1.29 is 0 Å². The molecule has 3 heteroatoms. The second-order valence-electron chi connectivity index (χ2n) is 6.39. The highest BCUT2D eigenvalue weighted by atomic mass is 35.5. The predicted molar refractivity (Wildman–Crippen MR) is 93.0 cm³/mol. The standard InChI is InChI=1S/C19H21ClN2/c20-16-5-6-17-15(12-16)4-3-14-2-1-9-22-19(14)18(17)13-7-10-21-11-8-13/h1-6,9,12-13,18-19,21-22H,7-8,10-11H2. The molecule has 114 valence electrons. The van der Waals surface area contributed by atoms with Crippen LogP contribution in [0.25, 0.3) is 6.08 Å². The van der Waals surface area contributed by atoms with Crippen molar-refractivity contribution in [3.63, 3.8) is 0 Å². The fraction of sp³-hybridized carbons (Fsp3) is 0.368. The van der Waals surface area contributed by atoms with Crippen LogP contribution >= 0.6 is 11.6 Å². The maximum Gasteiger partial charge on any atom is 0.0579 e. The predicted octanol–water partition coefficient (Wildman–Crippen LogP) is 3.86. The fourth-order valence-electron chi connectivity index (χ4n) is 4.08. The first kappa shape index (κ1) is 14.1. The average Bonchev–Trinajstić information content (AvgIpc) is 2.72. The highest BCUT2D eigenvalue weighted by molar-refractivity contribution is 6.30. The molecule has 22 heavy (non-hydrogen) atoms. The molecule has 1 aliphatic carbocycles. The first-order valence-electron chi connectivity index (χ1n) is 8.14. The van der Waals surface area contributed by atoms with Gasteiger partial charge < -0.3 is 10.6 Å². The molecule has 4 rings (SSSR count). The minimum Gasteiger partial charge on any atom is -0.383 e. The molecule has 2 heterocycles. The van der Waals surface area contributed by atoms with Crippen LogP contribution in [0.3, 0.4) is 0 Å². The Morgan fingerprint density at radius 3 is 2.82 bits per heavy atom. The molecule has 0 bridgehead atoms. The van der Waals surface area contributed by atoms with E-state index in [0.29, 0.717) is 17.9 Å². The second-order valence-corrected chi connectivity index (χ2v) is 6.83. The summed E-state index contributed by atoms with van der Waals surface area (Å²) in [5.74, 6) is 1.20. The van der Waals surface area contributed by atoms with Crippen LogP contribution < -0.4 is 10.6 Å². The molecule has 1 fully saturated rings. The van der Waals surface area contributed by atoms with E-state index in [0.717, 1.165) is 18.1 Å². The Hall–Kier alpha value is -1.51. The number of halogens is 1. The molecule has 0 saturated carbocycles. The number of fused-ring (bicyclic) bond motifs is 2. The van der Waals surface area contributed by atoms with Gasteiger partial charge in [-0.3, -0.25) is 0 Å². The molecule has 0 spiro atoms. The Morgan fingerprint density at radius 1 is 1.09 bits per heavy atom. The molecular formula is C19H21ClN2. The van der Waals surface area contributed by atoms with Gasteiger partial charge in [0.1, 0.15) is 0 Å². The zero-order chi connectivity index (χ0) is 14.9. The molecule has 3 aliphatic rings. The smallest absolute Gasteiger partial charge is 0.0579 e. The van der Waals surface area contributed by atoms with Crippen molar-refractivity contribution in [2.75, 3.05) is 13.1 Å². The Kier molecular flexibility index (Phi) is 3.81. The molecule has 2 aliphatic heterocycles. The maximum atomic E-state index is 6.23. The molecule has 1 aromatic carbocycles. The molecule has 1 saturated heterocycles. The van der Waals surface area contributed by atoms with Crippen LogP contribution in [0.5, 0.6) is 0 Å². The molecule has 2 atom stereocenters. The first-order valence-corrected chi connectivity index (χ1v) is 8.52. The van der Waals surface area contributed by atoms with Crippen molar-refractivity contribution in [3.8, 4) is 0 Å². The first-order chi connectivity index (χ1) is 10.8. The molecule has 1 aromatic rings. The number of dihydropyridines is 1. The van der Waals surface area contributed by atoms with Gasteiger partial charge in [-0.15, -0.1) is 0 Å². The fourth-order valence-corrected chi connectivity index (χ4v) is 4.26. The monoisotopic (exact) mass is 312 g/mol. The lowest BCUT2D eigenvalue weighted by molar-refractivity contribution is 0.290. The van der Waals surface area contributed by atoms with E-state index in [2.05, 4.69) is 53.3 Å². The summed E-state index contributed by atoms with van der Waals surface area (Å²) < 4.78 is 0. The molecule has 2 nitrogen and oxygen atoms in total. The summed E-state index contributed by atoms with van der Waals surface area (Å²) in [4.78, 5) is 0. The van der Waals surface area contributed by atoms with E-state index in [1.807, 2.05) is 6.07 Å². The van der Waals surface area contributed by atoms with E-state index in [1.54, 1.807) is 0 Å². The average molecular weight is 313 g/mol.